The molecule has 1 aliphatic rings. The van der Waals surface area contributed by atoms with Gasteiger partial charge in [-0.2, -0.15) is 17.4 Å². The van der Waals surface area contributed by atoms with Gasteiger partial charge in [0.25, 0.3) is 10.2 Å². The Bertz CT molecular complexity index is 362. The average molecular weight is 307 g/mol. The molecule has 0 aliphatic carbocycles. The first-order valence-corrected chi connectivity index (χ1v) is 8.91. The lowest BCUT2D eigenvalue weighted by molar-refractivity contribution is 0.121. The largest absolute Gasteiger partial charge is 0.380 e. The molecule has 1 fully saturated rings. The van der Waals surface area contributed by atoms with Crippen LogP contribution in [0.1, 0.15) is 33.1 Å². The van der Waals surface area contributed by atoms with Gasteiger partial charge in [0.15, 0.2) is 0 Å². The summed E-state index contributed by atoms with van der Waals surface area (Å²) in [5.74, 6) is 0.409. The summed E-state index contributed by atoms with van der Waals surface area (Å²) in [6.45, 7) is 7.39. The first-order chi connectivity index (χ1) is 9.49. The maximum Gasteiger partial charge on any atom is 0.279 e. The Labute approximate surface area is 123 Å². The highest BCUT2D eigenvalue weighted by Gasteiger charge is 2.28. The molecule has 2 unspecified atom stereocenters. The molecule has 2 atom stereocenters. The van der Waals surface area contributed by atoms with Crippen molar-refractivity contribution in [2.24, 2.45) is 5.92 Å². The minimum atomic E-state index is -3.38. The lowest BCUT2D eigenvalue weighted by Gasteiger charge is -2.32. The third-order valence-corrected chi connectivity index (χ3v) is 5.18. The van der Waals surface area contributed by atoms with E-state index in [1.165, 1.54) is 0 Å². The van der Waals surface area contributed by atoms with Gasteiger partial charge in [0.2, 0.25) is 0 Å². The van der Waals surface area contributed by atoms with Gasteiger partial charge in [-0.15, -0.1) is 0 Å². The third-order valence-electron chi connectivity index (χ3n) is 3.64. The van der Waals surface area contributed by atoms with Gasteiger partial charge in [0.05, 0.1) is 6.10 Å². The van der Waals surface area contributed by atoms with Crippen LogP contribution in [0.5, 0.6) is 0 Å². The van der Waals surface area contributed by atoms with Crippen molar-refractivity contribution < 1.29 is 13.2 Å². The fraction of sp³-hybridized carbons (Fsp3) is 1.00. The van der Waals surface area contributed by atoms with Crippen molar-refractivity contribution >= 4 is 10.2 Å². The van der Waals surface area contributed by atoms with E-state index in [2.05, 4.69) is 17.0 Å². The smallest absolute Gasteiger partial charge is 0.279 e. The fourth-order valence-corrected chi connectivity index (χ4v) is 3.70. The van der Waals surface area contributed by atoms with E-state index >= 15 is 0 Å². The van der Waals surface area contributed by atoms with E-state index in [0.29, 0.717) is 25.6 Å². The van der Waals surface area contributed by atoms with Crippen molar-refractivity contribution in [3.05, 3.63) is 0 Å². The molecule has 0 amide bonds. The Hall–Kier alpha value is -0.210. The molecule has 120 valence electrons. The first kappa shape index (κ1) is 17.8. The van der Waals surface area contributed by atoms with Crippen LogP contribution in [0.2, 0.25) is 0 Å². The van der Waals surface area contributed by atoms with Gasteiger partial charge in [-0.25, -0.2) is 0 Å². The Morgan fingerprint density at radius 2 is 2.20 bits per heavy atom. The van der Waals surface area contributed by atoms with E-state index < -0.39 is 10.2 Å². The molecule has 0 spiro atoms. The fourth-order valence-electron chi connectivity index (χ4n) is 2.29. The molecule has 1 heterocycles. The van der Waals surface area contributed by atoms with Crippen LogP contribution in [0.4, 0.5) is 0 Å². The van der Waals surface area contributed by atoms with Crippen LogP contribution in [0, 0.1) is 5.92 Å². The number of methoxy groups -OCH3 is 1. The quantitative estimate of drug-likeness (QED) is 0.611. The molecule has 6 nitrogen and oxygen atoms in total. The van der Waals surface area contributed by atoms with E-state index in [1.54, 1.807) is 11.4 Å². The summed E-state index contributed by atoms with van der Waals surface area (Å²) in [6, 6.07) is 0. The number of piperidine rings is 1. The molecule has 0 radical (unpaired) electrons. The molecular formula is C13H29N3O3S. The van der Waals surface area contributed by atoms with Gasteiger partial charge in [-0.1, -0.05) is 6.92 Å². The van der Waals surface area contributed by atoms with E-state index in [1.807, 2.05) is 6.92 Å². The van der Waals surface area contributed by atoms with E-state index in [0.717, 1.165) is 32.4 Å². The summed E-state index contributed by atoms with van der Waals surface area (Å²) < 4.78 is 33.7. The van der Waals surface area contributed by atoms with Gasteiger partial charge < -0.3 is 10.1 Å². The third kappa shape index (κ3) is 6.05. The number of rotatable bonds is 9. The van der Waals surface area contributed by atoms with Crippen LogP contribution in [0.25, 0.3) is 0 Å². The van der Waals surface area contributed by atoms with Gasteiger partial charge in [0.1, 0.15) is 0 Å². The van der Waals surface area contributed by atoms with Crippen molar-refractivity contribution in [3.8, 4) is 0 Å². The maximum absolute atomic E-state index is 12.2. The van der Waals surface area contributed by atoms with Crippen LogP contribution in [-0.2, 0) is 14.9 Å². The van der Waals surface area contributed by atoms with E-state index in [4.69, 9.17) is 4.74 Å². The van der Waals surface area contributed by atoms with Crippen molar-refractivity contribution in [1.29, 1.82) is 0 Å². The van der Waals surface area contributed by atoms with Crippen LogP contribution < -0.4 is 10.0 Å². The summed E-state index contributed by atoms with van der Waals surface area (Å²) >= 11 is 0. The Morgan fingerprint density at radius 1 is 1.45 bits per heavy atom. The average Bonchev–Trinajstić information content (AvgIpc) is 2.45. The number of hydrogen-bond donors (Lipinski definition) is 2. The molecule has 1 saturated heterocycles. The SMILES string of the molecule is CCCNCC1CCCN(S(=O)(=O)NCC(C)OC)C1. The zero-order valence-corrected chi connectivity index (χ0v) is 13.7. The van der Waals surface area contributed by atoms with Gasteiger partial charge in [-0.05, 0) is 45.2 Å². The van der Waals surface area contributed by atoms with Crippen LogP contribution in [0.15, 0.2) is 0 Å². The van der Waals surface area contributed by atoms with E-state index in [-0.39, 0.29) is 6.10 Å². The van der Waals surface area contributed by atoms with Gasteiger partial charge in [0, 0.05) is 26.7 Å². The molecule has 0 saturated carbocycles. The number of hydrogen-bond acceptors (Lipinski definition) is 4. The predicted molar refractivity (Wildman–Crippen MR) is 80.9 cm³/mol. The summed E-state index contributed by atoms with van der Waals surface area (Å²) in [4.78, 5) is 0. The minimum Gasteiger partial charge on any atom is -0.380 e. The monoisotopic (exact) mass is 307 g/mol. The minimum absolute atomic E-state index is 0.114. The first-order valence-electron chi connectivity index (χ1n) is 7.47. The molecule has 2 N–H and O–H groups in total. The topological polar surface area (TPSA) is 70.7 Å². The highest BCUT2D eigenvalue weighted by atomic mass is 32.2. The second kappa shape index (κ2) is 8.94. The number of nitrogens with one attached hydrogen (secondary N) is 2. The number of nitrogens with zero attached hydrogens (tertiary/aromatic N) is 1. The summed E-state index contributed by atoms with van der Waals surface area (Å²) in [7, 11) is -1.80. The van der Waals surface area contributed by atoms with Gasteiger partial charge in [-0.3, -0.25) is 0 Å². The Morgan fingerprint density at radius 3 is 2.85 bits per heavy atom. The van der Waals surface area contributed by atoms with Crippen LogP contribution in [0.3, 0.4) is 0 Å². The van der Waals surface area contributed by atoms with Crippen LogP contribution in [-0.4, -0.2) is 58.7 Å². The summed E-state index contributed by atoms with van der Waals surface area (Å²) in [6.07, 6.45) is 3.01. The maximum atomic E-state index is 12.2. The van der Waals surface area contributed by atoms with Crippen molar-refractivity contribution in [1.82, 2.24) is 14.3 Å². The zero-order valence-electron chi connectivity index (χ0n) is 12.9. The van der Waals surface area contributed by atoms with Crippen LogP contribution >= 0.6 is 0 Å². The lowest BCUT2D eigenvalue weighted by Crippen LogP contribution is -2.48. The van der Waals surface area contributed by atoms with Gasteiger partial charge >= 0.3 is 0 Å². The molecule has 0 aromatic carbocycles. The Kier molecular flexibility index (Phi) is 7.98. The molecule has 20 heavy (non-hydrogen) atoms. The molecule has 0 aromatic rings. The molecular weight excluding hydrogens is 278 g/mol. The highest BCUT2D eigenvalue weighted by molar-refractivity contribution is 7.87. The summed E-state index contributed by atoms with van der Waals surface area (Å²) in [5.41, 5.74) is 0. The Balaban J connectivity index is 2.44. The number of ether oxygens (including phenoxy) is 1. The zero-order chi connectivity index (χ0) is 15.0. The summed E-state index contributed by atoms with van der Waals surface area (Å²) in [5, 5.41) is 3.37. The molecule has 7 heteroatoms. The van der Waals surface area contributed by atoms with Crippen molar-refractivity contribution in [3.63, 3.8) is 0 Å². The molecule has 1 rings (SSSR count). The normalized spacial score (nSPS) is 22.9. The second-order valence-electron chi connectivity index (χ2n) is 5.47. The van der Waals surface area contributed by atoms with Crippen molar-refractivity contribution in [2.75, 3.05) is 39.8 Å². The molecule has 0 bridgehead atoms. The predicted octanol–water partition coefficient (Wildman–Crippen LogP) is 0.567. The van der Waals surface area contributed by atoms with E-state index in [9.17, 15) is 8.42 Å². The van der Waals surface area contributed by atoms with Crippen molar-refractivity contribution in [2.45, 2.75) is 39.2 Å². The molecule has 0 aromatic heterocycles. The standard InChI is InChI=1S/C13H29N3O3S/c1-4-7-14-10-13-6-5-8-16(11-13)20(17,18)15-9-12(2)19-3/h12-15H,4-11H2,1-3H3. The second-order valence-corrected chi connectivity index (χ2v) is 7.23. The molecule has 1 aliphatic heterocycles. The highest BCUT2D eigenvalue weighted by Crippen LogP contribution is 2.18. The lowest BCUT2D eigenvalue weighted by atomic mass is 10.00.